The van der Waals surface area contributed by atoms with E-state index in [1.54, 1.807) is 7.11 Å². The number of methoxy groups -OCH3 is 1. The second-order valence-electron chi connectivity index (χ2n) is 9.37. The van der Waals surface area contributed by atoms with Crippen LogP contribution < -0.4 is 9.47 Å². The quantitative estimate of drug-likeness (QED) is 0.627. The fraction of sp³-hybridized carbons (Fsp3) is 0.481. The Morgan fingerprint density at radius 3 is 2.64 bits per heavy atom. The van der Waals surface area contributed by atoms with Crippen LogP contribution in [-0.4, -0.2) is 54.8 Å². The second-order valence-corrected chi connectivity index (χ2v) is 9.37. The summed E-state index contributed by atoms with van der Waals surface area (Å²) in [7, 11) is 1.68. The summed E-state index contributed by atoms with van der Waals surface area (Å²) in [6, 6.07) is 12.0. The summed E-state index contributed by atoms with van der Waals surface area (Å²) in [6.45, 7) is 5.21. The van der Waals surface area contributed by atoms with Gasteiger partial charge in [0.15, 0.2) is 5.75 Å². The topological polar surface area (TPSA) is 54.4 Å². The zero-order valence-electron chi connectivity index (χ0n) is 19.7. The Labute approximate surface area is 196 Å². The van der Waals surface area contributed by atoms with Gasteiger partial charge in [-0.15, -0.1) is 0 Å². The molecule has 6 heteroatoms. The van der Waals surface area contributed by atoms with Crippen LogP contribution in [0.15, 0.2) is 41.4 Å². The number of amidine groups is 1. The molecule has 1 saturated heterocycles. The number of aliphatic imine (C=N–C) groups is 1. The van der Waals surface area contributed by atoms with Crippen molar-refractivity contribution in [3.63, 3.8) is 0 Å². The van der Waals surface area contributed by atoms with E-state index in [1.807, 2.05) is 30.3 Å². The van der Waals surface area contributed by atoms with Gasteiger partial charge in [0.1, 0.15) is 23.0 Å². The van der Waals surface area contributed by atoms with E-state index in [2.05, 4.69) is 22.8 Å². The number of benzene rings is 2. The maximum absolute atomic E-state index is 13.2. The van der Waals surface area contributed by atoms with Gasteiger partial charge in [0.2, 0.25) is 5.91 Å². The fourth-order valence-corrected chi connectivity index (χ4v) is 5.19. The van der Waals surface area contributed by atoms with Crippen LogP contribution in [-0.2, 0) is 4.79 Å². The monoisotopic (exact) mass is 447 g/mol. The average Bonchev–Trinajstić information content (AvgIpc) is 3.18. The molecule has 0 unspecified atom stereocenters. The highest BCUT2D eigenvalue weighted by Gasteiger charge is 2.30. The van der Waals surface area contributed by atoms with Crippen LogP contribution in [0.2, 0.25) is 0 Å². The number of amides is 1. The summed E-state index contributed by atoms with van der Waals surface area (Å²) in [5.41, 5.74) is 2.88. The third-order valence-electron chi connectivity index (χ3n) is 7.05. The summed E-state index contributed by atoms with van der Waals surface area (Å²) in [5, 5.41) is 0. The molecule has 2 aliphatic heterocycles. The summed E-state index contributed by atoms with van der Waals surface area (Å²) < 4.78 is 11.8. The van der Waals surface area contributed by atoms with E-state index in [9.17, 15) is 4.79 Å². The van der Waals surface area contributed by atoms with Crippen LogP contribution in [0.3, 0.4) is 0 Å². The van der Waals surface area contributed by atoms with Crippen molar-refractivity contribution in [2.24, 2.45) is 10.9 Å². The molecular weight excluding hydrogens is 414 g/mol. The van der Waals surface area contributed by atoms with E-state index in [0.29, 0.717) is 5.91 Å². The van der Waals surface area contributed by atoms with Gasteiger partial charge in [-0.3, -0.25) is 4.79 Å². The first kappa shape index (κ1) is 21.8. The molecule has 0 bridgehead atoms. The molecule has 174 valence electrons. The van der Waals surface area contributed by atoms with E-state index in [1.165, 1.54) is 19.3 Å². The lowest BCUT2D eigenvalue weighted by atomic mass is 9.88. The number of rotatable bonds is 2. The lowest BCUT2D eigenvalue weighted by molar-refractivity contribution is -0.136. The standard InChI is InChI=1S/C27H33N3O3/c1-19-9-11-23-25(17-19)33-24-12-10-21(32-2)18-22(24)26(28-23)29-13-6-14-30(16-15-29)27(31)20-7-4-3-5-8-20/h9-12,17-18,20H,3-8,13-16H2,1-2H3. The number of ether oxygens (including phenoxy) is 2. The van der Waals surface area contributed by atoms with E-state index in [4.69, 9.17) is 14.5 Å². The summed E-state index contributed by atoms with van der Waals surface area (Å²) in [5.74, 6) is 3.77. The molecule has 0 aromatic heterocycles. The minimum atomic E-state index is 0.217. The first-order valence-corrected chi connectivity index (χ1v) is 12.2. The third-order valence-corrected chi connectivity index (χ3v) is 7.05. The minimum absolute atomic E-state index is 0.217. The van der Waals surface area contributed by atoms with E-state index < -0.39 is 0 Å². The van der Waals surface area contributed by atoms with Gasteiger partial charge >= 0.3 is 0 Å². The van der Waals surface area contributed by atoms with Crippen molar-refractivity contribution in [3.8, 4) is 17.2 Å². The van der Waals surface area contributed by atoms with Gasteiger partial charge in [0, 0.05) is 32.1 Å². The Hall–Kier alpha value is -3.02. The van der Waals surface area contributed by atoms with Crippen molar-refractivity contribution in [2.75, 3.05) is 33.3 Å². The average molecular weight is 448 g/mol. The summed E-state index contributed by atoms with van der Waals surface area (Å²) in [4.78, 5) is 22.6. The van der Waals surface area contributed by atoms with Gasteiger partial charge in [-0.25, -0.2) is 4.99 Å². The van der Waals surface area contributed by atoms with Crippen LogP contribution in [0, 0.1) is 12.8 Å². The molecule has 2 fully saturated rings. The van der Waals surface area contributed by atoms with Crippen molar-refractivity contribution in [3.05, 3.63) is 47.5 Å². The van der Waals surface area contributed by atoms with E-state index in [0.717, 1.165) is 85.3 Å². The minimum Gasteiger partial charge on any atom is -0.497 e. The molecule has 6 nitrogen and oxygen atoms in total. The number of fused-ring (bicyclic) bond motifs is 2. The molecule has 2 aromatic rings. The number of carbonyl (C=O) groups excluding carboxylic acids is 1. The summed E-state index contributed by atoms with van der Waals surface area (Å²) in [6.07, 6.45) is 6.66. The van der Waals surface area contributed by atoms with Crippen LogP contribution in [0.25, 0.3) is 0 Å². The highest BCUT2D eigenvalue weighted by molar-refractivity contribution is 6.04. The Bertz CT molecular complexity index is 1060. The highest BCUT2D eigenvalue weighted by Crippen LogP contribution is 2.40. The number of hydrogen-bond donors (Lipinski definition) is 0. The van der Waals surface area contributed by atoms with Gasteiger partial charge in [0.05, 0.1) is 12.7 Å². The third kappa shape index (κ3) is 4.56. The Kier molecular flexibility index (Phi) is 6.25. The highest BCUT2D eigenvalue weighted by atomic mass is 16.5. The SMILES string of the molecule is COc1ccc2c(c1)C(N1CCCN(C(=O)C3CCCCC3)CC1)=Nc1ccc(C)cc1O2. The summed E-state index contributed by atoms with van der Waals surface area (Å²) >= 11 is 0. The number of hydrogen-bond acceptors (Lipinski definition) is 5. The Morgan fingerprint density at radius 1 is 0.970 bits per heavy atom. The maximum atomic E-state index is 13.2. The van der Waals surface area contributed by atoms with Crippen molar-refractivity contribution in [1.29, 1.82) is 0 Å². The zero-order chi connectivity index (χ0) is 22.8. The zero-order valence-corrected chi connectivity index (χ0v) is 19.7. The first-order valence-electron chi connectivity index (χ1n) is 12.2. The number of nitrogens with zero attached hydrogens (tertiary/aromatic N) is 3. The second kappa shape index (κ2) is 9.46. The smallest absolute Gasteiger partial charge is 0.225 e. The molecule has 2 aromatic carbocycles. The van der Waals surface area contributed by atoms with Gasteiger partial charge in [0.25, 0.3) is 0 Å². The molecule has 0 radical (unpaired) electrons. The predicted molar refractivity (Wildman–Crippen MR) is 130 cm³/mol. The molecule has 0 atom stereocenters. The number of aryl methyl sites for hydroxylation is 1. The molecule has 0 N–H and O–H groups in total. The first-order chi connectivity index (χ1) is 16.1. The van der Waals surface area contributed by atoms with Crippen molar-refractivity contribution in [1.82, 2.24) is 9.80 Å². The molecule has 1 amide bonds. The lowest BCUT2D eigenvalue weighted by Crippen LogP contribution is -2.40. The van der Waals surface area contributed by atoms with E-state index in [-0.39, 0.29) is 5.92 Å². The van der Waals surface area contributed by atoms with Crippen LogP contribution in [0.1, 0.15) is 49.7 Å². The maximum Gasteiger partial charge on any atom is 0.225 e. The molecule has 3 aliphatic rings. The normalized spacial score (nSPS) is 18.9. The van der Waals surface area contributed by atoms with Gasteiger partial charge in [-0.05, 0) is 62.1 Å². The van der Waals surface area contributed by atoms with Crippen molar-refractivity contribution in [2.45, 2.75) is 45.4 Å². The van der Waals surface area contributed by atoms with Crippen molar-refractivity contribution < 1.29 is 14.3 Å². The molecule has 1 saturated carbocycles. The van der Waals surface area contributed by atoms with Crippen LogP contribution >= 0.6 is 0 Å². The van der Waals surface area contributed by atoms with Crippen LogP contribution in [0.4, 0.5) is 5.69 Å². The largest absolute Gasteiger partial charge is 0.497 e. The van der Waals surface area contributed by atoms with Gasteiger partial charge in [-0.2, -0.15) is 0 Å². The van der Waals surface area contributed by atoms with Gasteiger partial charge in [-0.1, -0.05) is 25.3 Å². The lowest BCUT2D eigenvalue weighted by Gasteiger charge is -2.29. The molecular formula is C27H33N3O3. The molecule has 5 rings (SSSR count). The molecule has 0 spiro atoms. The fourth-order valence-electron chi connectivity index (χ4n) is 5.19. The van der Waals surface area contributed by atoms with Crippen molar-refractivity contribution >= 4 is 17.4 Å². The molecule has 1 aliphatic carbocycles. The molecule has 33 heavy (non-hydrogen) atoms. The Balaban J connectivity index is 1.44. The van der Waals surface area contributed by atoms with Gasteiger partial charge < -0.3 is 19.3 Å². The molecule has 2 heterocycles. The number of carbonyl (C=O) groups is 1. The van der Waals surface area contributed by atoms with E-state index >= 15 is 0 Å². The Morgan fingerprint density at radius 2 is 1.82 bits per heavy atom. The van der Waals surface area contributed by atoms with Crippen LogP contribution in [0.5, 0.6) is 17.2 Å². The predicted octanol–water partition coefficient (Wildman–Crippen LogP) is 5.30.